The van der Waals surface area contributed by atoms with Gasteiger partial charge in [-0.15, -0.1) is 37.7 Å². The number of hydrogen-bond acceptors (Lipinski definition) is 0. The van der Waals surface area contributed by atoms with Crippen LogP contribution in [0.25, 0.3) is 0 Å². The molecule has 4 aliphatic carbocycles. The Morgan fingerprint density at radius 3 is 1.44 bits per heavy atom. The Kier molecular flexibility index (Phi) is 34.5. The van der Waals surface area contributed by atoms with Gasteiger partial charge in [-0.3, -0.25) is 12.2 Å². The molecule has 0 amide bonds. The second-order valence-electron chi connectivity index (χ2n) is 6.32. The van der Waals surface area contributed by atoms with E-state index < -0.39 is 0 Å². The summed E-state index contributed by atoms with van der Waals surface area (Å²) >= 11 is 1.58. The van der Waals surface area contributed by atoms with Crippen LogP contribution < -0.4 is 0 Å². The van der Waals surface area contributed by atoms with Crippen LogP contribution in [-0.4, -0.2) is 6.88 Å². The van der Waals surface area contributed by atoms with E-state index in [1.165, 1.54) is 69.8 Å². The fourth-order valence-corrected chi connectivity index (χ4v) is 2.65. The van der Waals surface area contributed by atoms with Crippen molar-refractivity contribution < 1.29 is 23.3 Å². The standard InChI is InChI=1S/C6H7.2C6H11.C5H5.2ClH.H2Si.Zr/c1-6-4-2-3-5-6;2*1-2-4-6-5-3-1;1-2-4-5-3-1;;;;/h2,4H,3H2,1H3;2*1H,2-6H2;1-3H,4H2;2*1H;1H2;/q4*-1;;;;. The topological polar surface area (TPSA) is 0 Å². The monoisotopic (exact) mass is 502 g/mol. The van der Waals surface area contributed by atoms with E-state index in [4.69, 9.17) is 0 Å². The first-order valence-corrected chi connectivity index (χ1v) is 15.8. The fraction of sp³-hybridized carbons (Fsp3) is 0.565. The van der Waals surface area contributed by atoms with E-state index in [0.29, 0.717) is 0 Å². The van der Waals surface area contributed by atoms with Gasteiger partial charge in [0.05, 0.1) is 0 Å². The molecule has 2 saturated carbocycles. The molecule has 0 heterocycles. The van der Waals surface area contributed by atoms with Gasteiger partial charge in [-0.1, -0.05) is 45.4 Å². The molecule has 0 aromatic rings. The van der Waals surface area contributed by atoms with Gasteiger partial charge in [0, 0.05) is 0 Å². The summed E-state index contributed by atoms with van der Waals surface area (Å²) in [6.07, 6.45) is 37.3. The minimum atomic E-state index is 0. The zero-order valence-corrected chi connectivity index (χ0v) is 22.6. The van der Waals surface area contributed by atoms with Crippen LogP contribution in [0.1, 0.15) is 84.0 Å². The molecule has 0 aromatic carbocycles. The molecule has 0 spiro atoms. The second kappa shape index (κ2) is 28.8. The van der Waals surface area contributed by atoms with E-state index in [0.717, 1.165) is 12.8 Å². The van der Waals surface area contributed by atoms with E-state index in [1.807, 2.05) is 19.0 Å². The molecule has 0 unspecified atom stereocenters. The molecule has 0 atom stereocenters. The van der Waals surface area contributed by atoms with E-state index in [9.17, 15) is 0 Å². The van der Waals surface area contributed by atoms with E-state index in [-0.39, 0.29) is 24.8 Å². The number of rotatable bonds is 0. The molecule has 0 N–H and O–H groups in total. The molecule has 0 nitrogen and oxygen atoms in total. The maximum absolute atomic E-state index is 3.12. The Morgan fingerprint density at radius 2 is 1.33 bits per heavy atom. The van der Waals surface area contributed by atoms with Gasteiger partial charge in [-0.2, -0.15) is 37.8 Å². The summed E-state index contributed by atoms with van der Waals surface area (Å²) < 4.78 is 0. The maximum atomic E-state index is 3.12. The molecule has 4 rings (SSSR count). The number of halogens is 2. The van der Waals surface area contributed by atoms with Gasteiger partial charge < -0.3 is 12.8 Å². The van der Waals surface area contributed by atoms with Gasteiger partial charge in [0.15, 0.2) is 0 Å². The first kappa shape index (κ1) is 32.3. The molecule has 4 heteroatoms. The van der Waals surface area contributed by atoms with Crippen molar-refractivity contribution in [1.29, 1.82) is 0 Å². The van der Waals surface area contributed by atoms with Crippen molar-refractivity contribution in [1.82, 2.24) is 0 Å². The summed E-state index contributed by atoms with van der Waals surface area (Å²) in [5, 5.41) is 0. The number of hydrogen-bond donors (Lipinski definition) is 0. The zero-order valence-electron chi connectivity index (χ0n) is 17.1. The van der Waals surface area contributed by atoms with E-state index in [1.54, 1.807) is 23.3 Å². The average molecular weight is 505 g/mol. The Bertz CT molecular complexity index is 347. The summed E-state index contributed by atoms with van der Waals surface area (Å²) in [6, 6.07) is 0. The molecule has 27 heavy (non-hydrogen) atoms. The quantitative estimate of drug-likeness (QED) is 0.241. The van der Waals surface area contributed by atoms with Crippen LogP contribution in [0.2, 0.25) is 0 Å². The third kappa shape index (κ3) is 26.6. The van der Waals surface area contributed by atoms with Crippen LogP contribution in [0, 0.1) is 25.0 Å². The van der Waals surface area contributed by atoms with Crippen LogP contribution in [0.5, 0.6) is 0 Å². The van der Waals surface area contributed by atoms with Gasteiger partial charge in [-0.05, 0) is 0 Å². The van der Waals surface area contributed by atoms with Crippen molar-refractivity contribution in [3.63, 3.8) is 0 Å². The van der Waals surface area contributed by atoms with Crippen molar-refractivity contribution in [2.24, 2.45) is 0 Å². The molecular formula is C23H38Cl2SiZr-4. The van der Waals surface area contributed by atoms with Crippen molar-refractivity contribution in [2.45, 2.75) is 84.0 Å². The summed E-state index contributed by atoms with van der Waals surface area (Å²) in [5.41, 5.74) is 1.27. The van der Waals surface area contributed by atoms with Gasteiger partial charge in [-0.25, -0.2) is 23.8 Å². The Labute approximate surface area is 198 Å². The Morgan fingerprint density at radius 1 is 0.815 bits per heavy atom. The first-order valence-electron chi connectivity index (χ1n) is 9.84. The summed E-state index contributed by atoms with van der Waals surface area (Å²) in [5.74, 6) is 0. The third-order valence-corrected chi connectivity index (χ3v) is 4.09. The predicted molar refractivity (Wildman–Crippen MR) is 126 cm³/mol. The first-order chi connectivity index (χ1) is 12.4. The van der Waals surface area contributed by atoms with Crippen LogP contribution >= 0.6 is 24.8 Å². The van der Waals surface area contributed by atoms with Gasteiger partial charge >= 0.3 is 30.2 Å². The van der Waals surface area contributed by atoms with Gasteiger partial charge in [0.1, 0.15) is 0 Å². The molecule has 0 bridgehead atoms. The van der Waals surface area contributed by atoms with Gasteiger partial charge in [0.25, 0.3) is 0 Å². The SMILES string of the molecule is CC1=[C-]CC=C1.Cl.Cl.[C-]1=CC=CC1.[CH-]1CCCCC1.[CH-]1CCCCC1.[SiH2]=[Zr]. The second-order valence-corrected chi connectivity index (χ2v) is 6.32. The summed E-state index contributed by atoms with van der Waals surface area (Å²) in [6.45, 7) is 4.01. The fourth-order valence-electron chi connectivity index (χ4n) is 2.65. The normalized spacial score (nSPS) is 18.1. The molecule has 2 fully saturated rings. The predicted octanol–water partition coefficient (Wildman–Crippen LogP) is 7.24. The van der Waals surface area contributed by atoms with Crippen molar-refractivity contribution in [2.75, 3.05) is 0 Å². The minimum absolute atomic E-state index is 0. The van der Waals surface area contributed by atoms with Crippen molar-refractivity contribution >= 4 is 31.7 Å². The molecular weight excluding hydrogens is 466 g/mol. The van der Waals surface area contributed by atoms with Crippen LogP contribution in [0.15, 0.2) is 36.0 Å². The van der Waals surface area contributed by atoms with Crippen LogP contribution in [0.3, 0.4) is 0 Å². The molecule has 0 saturated heterocycles. The van der Waals surface area contributed by atoms with E-state index in [2.05, 4.69) is 50.1 Å². The molecule has 0 aliphatic heterocycles. The summed E-state index contributed by atoms with van der Waals surface area (Å²) in [4.78, 5) is 0. The molecule has 156 valence electrons. The zero-order chi connectivity index (χ0) is 18.4. The third-order valence-electron chi connectivity index (χ3n) is 4.09. The Balaban J connectivity index is -0.000000270. The summed E-state index contributed by atoms with van der Waals surface area (Å²) in [7, 11) is 0. The molecule has 0 aromatic heterocycles. The molecule has 0 radical (unpaired) electrons. The van der Waals surface area contributed by atoms with Gasteiger partial charge in [0.2, 0.25) is 0 Å². The van der Waals surface area contributed by atoms with E-state index >= 15 is 0 Å². The average Bonchev–Trinajstić information content (AvgIpc) is 3.44. The van der Waals surface area contributed by atoms with Crippen molar-refractivity contribution in [3.8, 4) is 0 Å². The van der Waals surface area contributed by atoms with Crippen LogP contribution in [-0.2, 0) is 23.3 Å². The Hall–Kier alpha value is 0.640. The molecule has 4 aliphatic rings. The number of allylic oxidation sites excluding steroid dienone is 8. The van der Waals surface area contributed by atoms with Crippen LogP contribution in [0.4, 0.5) is 0 Å². The van der Waals surface area contributed by atoms with Crippen molar-refractivity contribution in [3.05, 3.63) is 60.9 Å².